The summed E-state index contributed by atoms with van der Waals surface area (Å²) in [7, 11) is 1.62. The van der Waals surface area contributed by atoms with E-state index in [0.29, 0.717) is 11.8 Å². The quantitative estimate of drug-likeness (QED) is 0.618. The molecule has 1 fully saturated rings. The number of anilines is 2. The van der Waals surface area contributed by atoms with Crippen molar-refractivity contribution in [1.82, 2.24) is 19.9 Å². The summed E-state index contributed by atoms with van der Waals surface area (Å²) < 4.78 is 5.17. The van der Waals surface area contributed by atoms with Gasteiger partial charge in [-0.15, -0.1) is 0 Å². The van der Waals surface area contributed by atoms with Crippen LogP contribution in [0, 0.1) is 6.92 Å². The van der Waals surface area contributed by atoms with E-state index in [1.807, 2.05) is 12.5 Å². The molecule has 0 aromatic carbocycles. The van der Waals surface area contributed by atoms with E-state index in [9.17, 15) is 0 Å². The van der Waals surface area contributed by atoms with Crippen LogP contribution in [-0.4, -0.2) is 59.5 Å². The van der Waals surface area contributed by atoms with Crippen molar-refractivity contribution >= 4 is 23.5 Å². The van der Waals surface area contributed by atoms with Crippen molar-refractivity contribution in [2.45, 2.75) is 12.1 Å². The van der Waals surface area contributed by atoms with Crippen LogP contribution in [0.15, 0.2) is 23.6 Å². The first-order valence-electron chi connectivity index (χ1n) is 7.46. The third-order valence-corrected chi connectivity index (χ3v) is 4.36. The molecule has 3 heterocycles. The Balaban J connectivity index is 1.71. The molecule has 1 aliphatic heterocycles. The standard InChI is InChI=1S/C15H20N6OS/c1-11-10-17-15(23-3)19-13(11)20-6-8-21(9-7-20)14-16-5-4-12(18-14)22-2/h4-5,10H,6-9H2,1-3H3. The van der Waals surface area contributed by atoms with Gasteiger partial charge in [0.2, 0.25) is 11.8 Å². The topological polar surface area (TPSA) is 67.3 Å². The van der Waals surface area contributed by atoms with Crippen molar-refractivity contribution in [2.75, 3.05) is 49.3 Å². The molecule has 0 N–H and O–H groups in total. The van der Waals surface area contributed by atoms with E-state index < -0.39 is 0 Å². The van der Waals surface area contributed by atoms with E-state index in [2.05, 4.69) is 36.7 Å². The molecule has 0 amide bonds. The predicted octanol–water partition coefficient (Wildman–Crippen LogP) is 1.63. The number of methoxy groups -OCH3 is 1. The van der Waals surface area contributed by atoms with E-state index in [-0.39, 0.29) is 0 Å². The van der Waals surface area contributed by atoms with Gasteiger partial charge in [0.25, 0.3) is 0 Å². The number of ether oxygens (including phenoxy) is 1. The molecule has 3 rings (SSSR count). The van der Waals surface area contributed by atoms with Gasteiger partial charge in [0, 0.05) is 50.2 Å². The molecule has 0 aliphatic carbocycles. The monoisotopic (exact) mass is 332 g/mol. The fourth-order valence-electron chi connectivity index (χ4n) is 2.55. The Labute approximate surface area is 140 Å². The Morgan fingerprint density at radius 1 is 1.09 bits per heavy atom. The first-order chi connectivity index (χ1) is 11.2. The van der Waals surface area contributed by atoms with Crippen LogP contribution in [0.3, 0.4) is 0 Å². The minimum atomic E-state index is 0.591. The van der Waals surface area contributed by atoms with Crippen LogP contribution in [0.1, 0.15) is 5.56 Å². The molecule has 0 radical (unpaired) electrons. The highest BCUT2D eigenvalue weighted by atomic mass is 32.2. The number of nitrogens with zero attached hydrogens (tertiary/aromatic N) is 6. The van der Waals surface area contributed by atoms with Gasteiger partial charge in [0.1, 0.15) is 5.82 Å². The first-order valence-corrected chi connectivity index (χ1v) is 8.68. The minimum Gasteiger partial charge on any atom is -0.481 e. The molecule has 7 nitrogen and oxygen atoms in total. The molecule has 0 unspecified atom stereocenters. The van der Waals surface area contributed by atoms with Crippen LogP contribution in [0.4, 0.5) is 11.8 Å². The molecular formula is C15H20N6OS. The Hall–Kier alpha value is -2.09. The highest BCUT2D eigenvalue weighted by molar-refractivity contribution is 7.98. The summed E-state index contributed by atoms with van der Waals surface area (Å²) in [5, 5.41) is 0.809. The lowest BCUT2D eigenvalue weighted by atomic mass is 10.2. The molecule has 8 heteroatoms. The summed E-state index contributed by atoms with van der Waals surface area (Å²) in [6, 6.07) is 1.76. The Morgan fingerprint density at radius 3 is 2.52 bits per heavy atom. The molecular weight excluding hydrogens is 312 g/mol. The smallest absolute Gasteiger partial charge is 0.228 e. The van der Waals surface area contributed by atoms with Gasteiger partial charge in [-0.3, -0.25) is 0 Å². The van der Waals surface area contributed by atoms with Gasteiger partial charge in [-0.2, -0.15) is 4.98 Å². The SMILES string of the molecule is COc1ccnc(N2CCN(c3nc(SC)ncc3C)CC2)n1. The molecule has 1 aliphatic rings. The molecule has 0 saturated carbocycles. The maximum absolute atomic E-state index is 5.17. The van der Waals surface area contributed by atoms with Gasteiger partial charge in [-0.05, 0) is 13.2 Å². The second kappa shape index (κ2) is 6.99. The third kappa shape index (κ3) is 3.47. The van der Waals surface area contributed by atoms with Gasteiger partial charge in [-0.1, -0.05) is 11.8 Å². The van der Waals surface area contributed by atoms with E-state index in [1.54, 1.807) is 31.1 Å². The lowest BCUT2D eigenvalue weighted by Crippen LogP contribution is -2.47. The summed E-state index contributed by atoms with van der Waals surface area (Å²) in [6.45, 7) is 5.52. The first kappa shape index (κ1) is 15.8. The van der Waals surface area contributed by atoms with Crippen LogP contribution in [0.5, 0.6) is 5.88 Å². The largest absolute Gasteiger partial charge is 0.481 e. The van der Waals surface area contributed by atoms with Crippen molar-refractivity contribution < 1.29 is 4.74 Å². The van der Waals surface area contributed by atoms with Gasteiger partial charge in [-0.25, -0.2) is 15.0 Å². The van der Waals surface area contributed by atoms with E-state index in [1.165, 1.54) is 0 Å². The van der Waals surface area contributed by atoms with Crippen molar-refractivity contribution in [3.8, 4) is 5.88 Å². The average Bonchev–Trinajstić information content (AvgIpc) is 2.62. The average molecular weight is 332 g/mol. The fourth-order valence-corrected chi connectivity index (χ4v) is 2.89. The number of thioether (sulfide) groups is 1. The lowest BCUT2D eigenvalue weighted by Gasteiger charge is -2.36. The molecule has 2 aromatic rings. The highest BCUT2D eigenvalue weighted by Crippen LogP contribution is 2.22. The summed E-state index contributed by atoms with van der Waals surface area (Å²) in [5.74, 6) is 2.33. The van der Waals surface area contributed by atoms with Gasteiger partial charge >= 0.3 is 0 Å². The van der Waals surface area contributed by atoms with Gasteiger partial charge in [0.15, 0.2) is 5.16 Å². The summed E-state index contributed by atoms with van der Waals surface area (Å²) >= 11 is 1.56. The molecule has 1 saturated heterocycles. The zero-order valence-electron chi connectivity index (χ0n) is 13.6. The Morgan fingerprint density at radius 2 is 1.83 bits per heavy atom. The maximum atomic E-state index is 5.17. The second-order valence-electron chi connectivity index (χ2n) is 5.24. The number of aryl methyl sites for hydroxylation is 1. The number of hydrogen-bond donors (Lipinski definition) is 0. The highest BCUT2D eigenvalue weighted by Gasteiger charge is 2.21. The van der Waals surface area contributed by atoms with Crippen LogP contribution in [0.2, 0.25) is 0 Å². The summed E-state index contributed by atoms with van der Waals surface area (Å²) in [5.41, 5.74) is 1.11. The van der Waals surface area contributed by atoms with Crippen molar-refractivity contribution in [3.63, 3.8) is 0 Å². The van der Waals surface area contributed by atoms with Crippen LogP contribution >= 0.6 is 11.8 Å². The maximum Gasteiger partial charge on any atom is 0.228 e. The number of aromatic nitrogens is 4. The third-order valence-electron chi connectivity index (χ3n) is 3.79. The molecule has 0 atom stereocenters. The molecule has 23 heavy (non-hydrogen) atoms. The minimum absolute atomic E-state index is 0.591. The number of piperazine rings is 1. The van der Waals surface area contributed by atoms with Gasteiger partial charge in [0.05, 0.1) is 7.11 Å². The van der Waals surface area contributed by atoms with E-state index in [4.69, 9.17) is 4.74 Å². The van der Waals surface area contributed by atoms with Crippen molar-refractivity contribution in [1.29, 1.82) is 0 Å². The number of rotatable bonds is 4. The summed E-state index contributed by atoms with van der Waals surface area (Å²) in [4.78, 5) is 22.2. The number of hydrogen-bond acceptors (Lipinski definition) is 8. The van der Waals surface area contributed by atoms with Crippen LogP contribution < -0.4 is 14.5 Å². The predicted molar refractivity (Wildman–Crippen MR) is 91.6 cm³/mol. The summed E-state index contributed by atoms with van der Waals surface area (Å²) in [6.07, 6.45) is 5.62. The Bertz CT molecular complexity index is 675. The fraction of sp³-hybridized carbons (Fsp3) is 0.467. The zero-order valence-corrected chi connectivity index (χ0v) is 14.4. The molecule has 0 spiro atoms. The van der Waals surface area contributed by atoms with Gasteiger partial charge < -0.3 is 14.5 Å². The van der Waals surface area contributed by atoms with Crippen molar-refractivity contribution in [2.24, 2.45) is 0 Å². The van der Waals surface area contributed by atoms with Crippen LogP contribution in [-0.2, 0) is 0 Å². The molecule has 122 valence electrons. The van der Waals surface area contributed by atoms with E-state index in [0.717, 1.165) is 42.7 Å². The Kier molecular flexibility index (Phi) is 4.80. The zero-order chi connectivity index (χ0) is 16.2. The molecule has 0 bridgehead atoms. The van der Waals surface area contributed by atoms with Crippen LogP contribution in [0.25, 0.3) is 0 Å². The molecule has 2 aromatic heterocycles. The normalized spacial score (nSPS) is 14.9. The van der Waals surface area contributed by atoms with Crippen molar-refractivity contribution in [3.05, 3.63) is 24.0 Å². The lowest BCUT2D eigenvalue weighted by molar-refractivity contribution is 0.396. The van der Waals surface area contributed by atoms with E-state index >= 15 is 0 Å². The second-order valence-corrected chi connectivity index (χ2v) is 6.01.